The maximum atomic E-state index is 7.08. The van der Waals surface area contributed by atoms with Crippen molar-refractivity contribution in [2.45, 2.75) is 39.5 Å². The van der Waals surface area contributed by atoms with Crippen LogP contribution in [-0.2, 0) is 4.84 Å². The van der Waals surface area contributed by atoms with Gasteiger partial charge in [-0.05, 0) is 84.7 Å². The normalized spacial score (nSPS) is 15.3. The molecule has 0 saturated carbocycles. The van der Waals surface area contributed by atoms with Crippen LogP contribution in [0.3, 0.4) is 0 Å². The van der Waals surface area contributed by atoms with E-state index in [4.69, 9.17) is 5.21 Å². The summed E-state index contributed by atoms with van der Waals surface area (Å²) >= 11 is 9.82. The summed E-state index contributed by atoms with van der Waals surface area (Å²) in [7, 11) is 1.45. The maximum absolute atomic E-state index is 7.08. The van der Waals surface area contributed by atoms with Crippen molar-refractivity contribution in [2.75, 3.05) is 65.3 Å². The van der Waals surface area contributed by atoms with Crippen LogP contribution < -0.4 is 0 Å². The summed E-state index contributed by atoms with van der Waals surface area (Å²) < 4.78 is 0. The molecule has 4 saturated heterocycles. The quantitative estimate of drug-likeness (QED) is 0.248. The lowest BCUT2D eigenvalue weighted by molar-refractivity contribution is 0.217. The van der Waals surface area contributed by atoms with E-state index < -0.39 is 0 Å². The number of thioether (sulfide) groups is 5. The number of hydrogen-bond acceptors (Lipinski definition) is 10. The van der Waals surface area contributed by atoms with Crippen molar-refractivity contribution in [3.63, 3.8) is 0 Å². The number of aliphatic imine (C=N–C) groups is 1. The predicted molar refractivity (Wildman–Crippen MR) is 155 cm³/mol. The summed E-state index contributed by atoms with van der Waals surface area (Å²) in [6.45, 7) is 13.0. The van der Waals surface area contributed by atoms with Gasteiger partial charge in [-0.2, -0.15) is 47.0 Å². The molecule has 0 radical (unpaired) electrons. The van der Waals surface area contributed by atoms with Crippen LogP contribution in [0, 0.1) is 0 Å². The Morgan fingerprint density at radius 2 is 0.933 bits per heavy atom. The summed E-state index contributed by atoms with van der Waals surface area (Å²) in [5.41, 5.74) is 0. The van der Waals surface area contributed by atoms with Crippen LogP contribution in [0.2, 0.25) is 0 Å². The summed E-state index contributed by atoms with van der Waals surface area (Å²) in [5, 5.41) is 12.3. The molecule has 0 aromatic carbocycles. The standard InChI is InChI=1S/C3H7NS.4C3H6S.C2H5NO.C2H6.CH3NO/c1-4-3-5-2;4*1-2-4-3-1;1-3-4-2;1-2;1-2-3/h1,3H2,2H3;4*1-3H2;1H2,2H3;1-2H3;3H,1H2. The minimum absolute atomic E-state index is 0.819. The first-order valence-electron chi connectivity index (χ1n) is 10.1. The molecule has 0 aliphatic carbocycles. The Hall–Kier alpha value is 0.360. The first kappa shape index (κ1) is 37.7. The van der Waals surface area contributed by atoms with Gasteiger partial charge in [0.15, 0.2) is 0 Å². The fourth-order valence-corrected chi connectivity index (χ4v) is 2.01. The third-order valence-electron chi connectivity index (χ3n) is 2.66. The predicted octanol–water partition coefficient (Wildman–Crippen LogP) is 6.85. The lowest BCUT2D eigenvalue weighted by Gasteiger charge is -2.05. The molecule has 0 aromatic rings. The Morgan fingerprint density at radius 3 is 0.933 bits per heavy atom. The molecule has 4 aliphatic heterocycles. The second-order valence-corrected chi connectivity index (χ2v) is 10.7. The molecule has 0 atom stereocenters. The molecule has 0 bridgehead atoms. The van der Waals surface area contributed by atoms with Gasteiger partial charge in [-0.3, -0.25) is 4.99 Å². The molecule has 30 heavy (non-hydrogen) atoms. The smallest absolute Gasteiger partial charge is 0.106 e. The zero-order chi connectivity index (χ0) is 23.6. The molecule has 0 aromatic heterocycles. The van der Waals surface area contributed by atoms with Gasteiger partial charge in [-0.15, -0.1) is 22.1 Å². The van der Waals surface area contributed by atoms with E-state index in [-0.39, 0.29) is 0 Å². The van der Waals surface area contributed by atoms with E-state index in [0.29, 0.717) is 0 Å². The van der Waals surface area contributed by atoms with Crippen LogP contribution in [0.15, 0.2) is 15.3 Å². The zero-order valence-electron chi connectivity index (χ0n) is 19.6. The van der Waals surface area contributed by atoms with Crippen LogP contribution in [0.25, 0.3) is 0 Å². The molecule has 0 unspecified atom stereocenters. The van der Waals surface area contributed by atoms with Crippen molar-refractivity contribution in [1.82, 2.24) is 0 Å². The zero-order valence-corrected chi connectivity index (χ0v) is 23.6. The van der Waals surface area contributed by atoms with Crippen LogP contribution in [0.1, 0.15) is 39.5 Å². The molecular formula is C20H45N3O2S5. The van der Waals surface area contributed by atoms with Crippen LogP contribution >= 0.6 is 58.8 Å². The minimum Gasteiger partial charge on any atom is -0.411 e. The Bertz CT molecular complexity index is 242. The molecule has 0 amide bonds. The molecule has 4 heterocycles. The molecule has 5 nitrogen and oxygen atoms in total. The van der Waals surface area contributed by atoms with Gasteiger partial charge in [0, 0.05) is 13.4 Å². The largest absolute Gasteiger partial charge is 0.411 e. The van der Waals surface area contributed by atoms with Crippen molar-refractivity contribution in [2.24, 2.45) is 15.3 Å². The monoisotopic (exact) mass is 519 g/mol. The lowest BCUT2D eigenvalue weighted by atomic mass is 10.6. The topological polar surface area (TPSA) is 66.5 Å². The van der Waals surface area contributed by atoms with Crippen molar-refractivity contribution in [3.8, 4) is 0 Å². The van der Waals surface area contributed by atoms with Gasteiger partial charge < -0.3 is 10.0 Å². The number of nitrogens with zero attached hydrogens (tertiary/aromatic N) is 3. The van der Waals surface area contributed by atoms with Gasteiger partial charge >= 0.3 is 0 Å². The summed E-state index contributed by atoms with van der Waals surface area (Å²) in [5.74, 6) is 12.2. The highest BCUT2D eigenvalue weighted by molar-refractivity contribution is 8.01. The average Bonchev–Trinajstić information content (AvgIpc) is 2.52. The van der Waals surface area contributed by atoms with Crippen LogP contribution in [0.5, 0.6) is 0 Å². The highest BCUT2D eigenvalue weighted by Crippen LogP contribution is 2.15. The summed E-state index contributed by atoms with van der Waals surface area (Å²) in [6, 6.07) is 0. The summed E-state index contributed by atoms with van der Waals surface area (Å²) in [4.78, 5) is 7.62. The molecule has 0 spiro atoms. The molecule has 4 fully saturated rings. The van der Waals surface area contributed by atoms with Gasteiger partial charge in [0.25, 0.3) is 0 Å². The van der Waals surface area contributed by atoms with Crippen LogP contribution in [-0.4, -0.2) is 90.6 Å². The van der Waals surface area contributed by atoms with Gasteiger partial charge in [0.1, 0.15) is 7.11 Å². The molecule has 10 heteroatoms. The first-order valence-corrected chi connectivity index (χ1v) is 16.1. The maximum Gasteiger partial charge on any atom is 0.106 e. The van der Waals surface area contributed by atoms with E-state index in [1.54, 1.807) is 11.8 Å². The Morgan fingerprint density at radius 1 is 0.767 bits per heavy atom. The third kappa shape index (κ3) is 56.6. The lowest BCUT2D eigenvalue weighted by Crippen LogP contribution is -1.94. The molecule has 4 rings (SSSR count). The first-order chi connectivity index (χ1) is 14.7. The Balaban J connectivity index is -0.000000130. The van der Waals surface area contributed by atoms with Gasteiger partial charge in [-0.25, -0.2) is 0 Å². The van der Waals surface area contributed by atoms with E-state index in [9.17, 15) is 0 Å². The van der Waals surface area contributed by atoms with Crippen molar-refractivity contribution in [1.29, 1.82) is 0 Å². The molecule has 1 N–H and O–H groups in total. The third-order valence-corrected chi connectivity index (χ3v) is 7.72. The molecule has 4 aliphatic rings. The number of oxime groups is 2. The highest BCUT2D eigenvalue weighted by Gasteiger charge is 1.96. The second kappa shape index (κ2) is 47.2. The van der Waals surface area contributed by atoms with Crippen molar-refractivity contribution < 1.29 is 10.0 Å². The Kier molecular flexibility index (Phi) is 59.3. The van der Waals surface area contributed by atoms with Gasteiger partial charge in [0.2, 0.25) is 0 Å². The van der Waals surface area contributed by atoms with Gasteiger partial charge in [0.05, 0.1) is 5.88 Å². The fourth-order valence-electron chi connectivity index (χ4n) is 0.669. The highest BCUT2D eigenvalue weighted by atomic mass is 32.2. The van der Waals surface area contributed by atoms with E-state index >= 15 is 0 Å². The molecule has 182 valence electrons. The number of hydrogen-bond donors (Lipinski definition) is 1. The fraction of sp³-hybridized carbons (Fsp3) is 0.850. The van der Waals surface area contributed by atoms with Crippen molar-refractivity contribution >= 4 is 79.0 Å². The van der Waals surface area contributed by atoms with Crippen LogP contribution in [0.4, 0.5) is 0 Å². The van der Waals surface area contributed by atoms with E-state index in [0.717, 1.165) is 5.88 Å². The average molecular weight is 520 g/mol. The van der Waals surface area contributed by atoms with Gasteiger partial charge in [-0.1, -0.05) is 13.8 Å². The number of rotatable bonds is 3. The minimum atomic E-state index is 0.819. The SMILES string of the molecule is C1CSC1.C1CSC1.C1CSC1.C1CSC1.C=NCSC.C=NO.C=NOC.CC. The Labute approximate surface area is 208 Å². The van der Waals surface area contributed by atoms with E-state index in [1.165, 1.54) is 78.8 Å². The van der Waals surface area contributed by atoms with E-state index in [2.05, 4.69) is 40.3 Å². The van der Waals surface area contributed by atoms with Crippen molar-refractivity contribution in [3.05, 3.63) is 0 Å². The molecular weight excluding hydrogens is 475 g/mol. The second-order valence-electron chi connectivity index (χ2n) is 4.96. The van der Waals surface area contributed by atoms with E-state index in [1.807, 2.05) is 67.2 Å². The summed E-state index contributed by atoms with van der Waals surface area (Å²) in [6.07, 6.45) is 7.85.